The van der Waals surface area contributed by atoms with E-state index in [0.717, 1.165) is 38.9 Å². The van der Waals surface area contributed by atoms with Crippen molar-refractivity contribution in [3.63, 3.8) is 0 Å². The third-order valence-electron chi connectivity index (χ3n) is 4.24. The summed E-state index contributed by atoms with van der Waals surface area (Å²) in [6, 6.07) is 0.120. The normalized spacial score (nSPS) is 34.4. The summed E-state index contributed by atoms with van der Waals surface area (Å²) < 4.78 is 29.2. The second-order valence-corrected chi connectivity index (χ2v) is 8.35. The van der Waals surface area contributed by atoms with Crippen LogP contribution in [-0.2, 0) is 14.6 Å². The lowest BCUT2D eigenvalue weighted by atomic mass is 10.1. The Morgan fingerprint density at radius 1 is 1.30 bits per heavy atom. The van der Waals surface area contributed by atoms with E-state index in [1.807, 2.05) is 6.92 Å². The Balaban J connectivity index is 1.72. The summed E-state index contributed by atoms with van der Waals surface area (Å²) in [6.45, 7) is 7.69. The van der Waals surface area contributed by atoms with Crippen molar-refractivity contribution in [2.24, 2.45) is 0 Å². The molecule has 0 saturated carbocycles. The molecule has 5 nitrogen and oxygen atoms in total. The molecule has 6 heteroatoms. The van der Waals surface area contributed by atoms with Gasteiger partial charge in [-0.1, -0.05) is 6.92 Å². The molecule has 0 bridgehead atoms. The van der Waals surface area contributed by atoms with Crippen LogP contribution in [0.1, 0.15) is 33.1 Å². The third-order valence-corrected chi connectivity index (χ3v) is 6.04. The van der Waals surface area contributed by atoms with Crippen molar-refractivity contribution in [1.29, 1.82) is 0 Å². The number of hydrogen-bond donors (Lipinski definition) is 1. The van der Waals surface area contributed by atoms with Gasteiger partial charge in [0.1, 0.15) is 0 Å². The number of ether oxygens (including phenoxy) is 1. The van der Waals surface area contributed by atoms with E-state index < -0.39 is 9.84 Å². The zero-order valence-corrected chi connectivity index (χ0v) is 13.5. The Morgan fingerprint density at radius 2 is 2.05 bits per heavy atom. The smallest absolute Gasteiger partial charge is 0.153 e. The number of hydrogen-bond acceptors (Lipinski definition) is 5. The molecular formula is C14H28N2O3S. The number of nitrogens with one attached hydrogen (secondary N) is 1. The van der Waals surface area contributed by atoms with E-state index in [1.54, 1.807) is 0 Å². The van der Waals surface area contributed by atoms with Gasteiger partial charge in [-0.2, -0.15) is 0 Å². The summed E-state index contributed by atoms with van der Waals surface area (Å²) in [5.74, 6) is 0.590. The molecule has 2 heterocycles. The van der Waals surface area contributed by atoms with Gasteiger partial charge in [-0.05, 0) is 32.7 Å². The van der Waals surface area contributed by atoms with E-state index in [-0.39, 0.29) is 12.1 Å². The molecule has 2 rings (SSSR count). The highest BCUT2D eigenvalue weighted by Gasteiger charge is 2.32. The lowest BCUT2D eigenvalue weighted by molar-refractivity contribution is 0.0181. The van der Waals surface area contributed by atoms with Crippen LogP contribution in [0, 0.1) is 0 Å². The first-order valence-electron chi connectivity index (χ1n) is 7.81. The van der Waals surface area contributed by atoms with E-state index in [2.05, 4.69) is 17.1 Å². The predicted molar refractivity (Wildman–Crippen MR) is 80.7 cm³/mol. The molecule has 3 atom stereocenters. The second kappa shape index (κ2) is 7.20. The molecule has 2 saturated heterocycles. The van der Waals surface area contributed by atoms with Crippen LogP contribution in [-0.4, -0.2) is 69.3 Å². The van der Waals surface area contributed by atoms with Crippen LogP contribution in [0.2, 0.25) is 0 Å². The van der Waals surface area contributed by atoms with Crippen molar-refractivity contribution in [1.82, 2.24) is 10.2 Å². The summed E-state index contributed by atoms with van der Waals surface area (Å²) in [7, 11) is -2.82. The van der Waals surface area contributed by atoms with Gasteiger partial charge in [-0.25, -0.2) is 8.42 Å². The third kappa shape index (κ3) is 4.69. The number of sulfone groups is 1. The van der Waals surface area contributed by atoms with Crippen LogP contribution >= 0.6 is 0 Å². The van der Waals surface area contributed by atoms with Gasteiger partial charge >= 0.3 is 0 Å². The monoisotopic (exact) mass is 304 g/mol. The van der Waals surface area contributed by atoms with Crippen LogP contribution in [0.4, 0.5) is 0 Å². The first-order chi connectivity index (χ1) is 9.50. The maximum atomic E-state index is 11.6. The topological polar surface area (TPSA) is 58.6 Å². The van der Waals surface area contributed by atoms with Crippen molar-refractivity contribution >= 4 is 9.84 Å². The van der Waals surface area contributed by atoms with Crippen molar-refractivity contribution in [3.8, 4) is 0 Å². The largest absolute Gasteiger partial charge is 0.372 e. The zero-order chi connectivity index (χ0) is 14.6. The lowest BCUT2D eigenvalue weighted by Crippen LogP contribution is -2.49. The molecule has 0 aliphatic carbocycles. The molecule has 0 radical (unpaired) electrons. The fourth-order valence-corrected chi connectivity index (χ4v) is 4.70. The minimum absolute atomic E-state index is 0.120. The Labute approximate surface area is 123 Å². The Morgan fingerprint density at radius 3 is 2.75 bits per heavy atom. The molecule has 1 N–H and O–H groups in total. The fourth-order valence-electron chi connectivity index (χ4n) is 3.07. The minimum atomic E-state index is -2.82. The molecule has 0 aromatic carbocycles. The first-order valence-corrected chi connectivity index (χ1v) is 9.63. The molecule has 0 aromatic rings. The summed E-state index contributed by atoms with van der Waals surface area (Å²) in [5.41, 5.74) is 0. The van der Waals surface area contributed by atoms with Gasteiger partial charge in [-0.3, -0.25) is 4.90 Å². The average Bonchev–Trinajstić information content (AvgIpc) is 2.80. The van der Waals surface area contributed by atoms with Gasteiger partial charge in [0.25, 0.3) is 0 Å². The maximum Gasteiger partial charge on any atom is 0.153 e. The van der Waals surface area contributed by atoms with Gasteiger partial charge in [0.15, 0.2) is 9.84 Å². The SMILES string of the molecule is CCCNCC1CCC(CN2CCS(=O)(=O)CC2C)O1. The van der Waals surface area contributed by atoms with Crippen molar-refractivity contribution in [2.75, 3.05) is 37.7 Å². The van der Waals surface area contributed by atoms with E-state index in [9.17, 15) is 8.42 Å². The molecule has 2 aliphatic heterocycles. The van der Waals surface area contributed by atoms with Gasteiger partial charge in [0.2, 0.25) is 0 Å². The Hall–Kier alpha value is -0.170. The zero-order valence-electron chi connectivity index (χ0n) is 12.7. The van der Waals surface area contributed by atoms with Crippen molar-refractivity contribution in [2.45, 2.75) is 51.4 Å². The molecular weight excluding hydrogens is 276 g/mol. The maximum absolute atomic E-state index is 11.6. The number of nitrogens with zero attached hydrogens (tertiary/aromatic N) is 1. The molecule has 0 spiro atoms. The fraction of sp³-hybridized carbons (Fsp3) is 1.00. The second-order valence-electron chi connectivity index (χ2n) is 6.12. The highest BCUT2D eigenvalue weighted by atomic mass is 32.2. The quantitative estimate of drug-likeness (QED) is 0.730. The van der Waals surface area contributed by atoms with Gasteiger partial charge < -0.3 is 10.1 Å². The summed E-state index contributed by atoms with van der Waals surface area (Å²) in [4.78, 5) is 2.27. The summed E-state index contributed by atoms with van der Waals surface area (Å²) in [6.07, 6.45) is 3.95. The molecule has 2 fully saturated rings. The highest BCUT2D eigenvalue weighted by Crippen LogP contribution is 2.22. The van der Waals surface area contributed by atoms with E-state index in [1.165, 1.54) is 0 Å². The van der Waals surface area contributed by atoms with E-state index >= 15 is 0 Å². The first kappa shape index (κ1) is 16.2. The molecule has 118 valence electrons. The predicted octanol–water partition coefficient (Wildman–Crippen LogP) is 0.653. The highest BCUT2D eigenvalue weighted by molar-refractivity contribution is 7.91. The van der Waals surface area contributed by atoms with Crippen LogP contribution in [0.3, 0.4) is 0 Å². The summed E-state index contributed by atoms with van der Waals surface area (Å²) in [5, 5.41) is 3.40. The molecule has 2 aliphatic rings. The lowest BCUT2D eigenvalue weighted by Gasteiger charge is -2.34. The van der Waals surface area contributed by atoms with Gasteiger partial charge in [-0.15, -0.1) is 0 Å². The average molecular weight is 304 g/mol. The Bertz CT molecular complexity index is 399. The Kier molecular flexibility index (Phi) is 5.84. The van der Waals surface area contributed by atoms with Crippen LogP contribution in [0.15, 0.2) is 0 Å². The van der Waals surface area contributed by atoms with E-state index in [0.29, 0.717) is 24.2 Å². The number of rotatable bonds is 6. The molecule has 20 heavy (non-hydrogen) atoms. The van der Waals surface area contributed by atoms with Crippen LogP contribution in [0.5, 0.6) is 0 Å². The van der Waals surface area contributed by atoms with Crippen molar-refractivity contribution < 1.29 is 13.2 Å². The van der Waals surface area contributed by atoms with Gasteiger partial charge in [0.05, 0.1) is 23.7 Å². The minimum Gasteiger partial charge on any atom is -0.372 e. The van der Waals surface area contributed by atoms with Crippen molar-refractivity contribution in [3.05, 3.63) is 0 Å². The van der Waals surface area contributed by atoms with Gasteiger partial charge in [0, 0.05) is 25.7 Å². The summed E-state index contributed by atoms with van der Waals surface area (Å²) >= 11 is 0. The van der Waals surface area contributed by atoms with Crippen LogP contribution in [0.25, 0.3) is 0 Å². The molecule has 0 aromatic heterocycles. The van der Waals surface area contributed by atoms with E-state index in [4.69, 9.17) is 4.74 Å². The molecule has 3 unspecified atom stereocenters. The van der Waals surface area contributed by atoms with Crippen LogP contribution < -0.4 is 5.32 Å². The standard InChI is InChI=1S/C14H28N2O3S/c1-3-6-15-9-13-4-5-14(19-13)10-16-7-8-20(17,18)11-12(16)2/h12-15H,3-11H2,1-2H3. The molecule has 0 amide bonds.